The molecule has 2 rings (SSSR count). The van der Waals surface area contributed by atoms with Gasteiger partial charge < -0.3 is 10.2 Å². The van der Waals surface area contributed by atoms with E-state index in [1.165, 1.54) is 12.1 Å². The summed E-state index contributed by atoms with van der Waals surface area (Å²) in [5.74, 6) is -0.527. The molecule has 0 radical (unpaired) electrons. The number of benzene rings is 1. The molecule has 1 aromatic rings. The van der Waals surface area contributed by atoms with Crippen LogP contribution in [-0.2, 0) is 16.1 Å². The lowest BCUT2D eigenvalue weighted by molar-refractivity contribution is -0.132. The van der Waals surface area contributed by atoms with Crippen LogP contribution in [0.5, 0.6) is 0 Å². The molecule has 1 aromatic carbocycles. The number of nitrogens with one attached hydrogen (secondary N) is 1. The number of nitrogens with zero attached hydrogens (tertiary/aromatic N) is 1. The molecule has 2 amide bonds. The summed E-state index contributed by atoms with van der Waals surface area (Å²) in [5.41, 5.74) is 0.853. The minimum atomic E-state index is -0.300. The fraction of sp³-hybridized carbons (Fsp3) is 0.385. The Morgan fingerprint density at radius 3 is 2.67 bits per heavy atom. The third-order valence-corrected chi connectivity index (χ3v) is 3.04. The van der Waals surface area contributed by atoms with E-state index in [-0.39, 0.29) is 30.2 Å². The maximum atomic E-state index is 12.8. The molecule has 96 valence electrons. The van der Waals surface area contributed by atoms with Gasteiger partial charge in [0.1, 0.15) is 5.82 Å². The van der Waals surface area contributed by atoms with Crippen LogP contribution in [0.15, 0.2) is 24.3 Å². The van der Waals surface area contributed by atoms with Gasteiger partial charge in [0.25, 0.3) is 0 Å². The largest absolute Gasteiger partial charge is 0.347 e. The van der Waals surface area contributed by atoms with Crippen molar-refractivity contribution >= 4 is 11.8 Å². The first-order valence-electron chi connectivity index (χ1n) is 5.87. The van der Waals surface area contributed by atoms with E-state index in [1.54, 1.807) is 17.0 Å². The number of rotatable bonds is 2. The van der Waals surface area contributed by atoms with Crippen LogP contribution in [0.4, 0.5) is 4.39 Å². The van der Waals surface area contributed by atoms with Crippen molar-refractivity contribution in [1.29, 1.82) is 0 Å². The van der Waals surface area contributed by atoms with Gasteiger partial charge in [-0.25, -0.2) is 4.39 Å². The smallest absolute Gasteiger partial charge is 0.242 e. The van der Waals surface area contributed by atoms with Crippen molar-refractivity contribution in [3.05, 3.63) is 35.6 Å². The van der Waals surface area contributed by atoms with Crippen molar-refractivity contribution in [1.82, 2.24) is 10.2 Å². The molecule has 1 N–H and O–H groups in total. The van der Waals surface area contributed by atoms with E-state index in [0.29, 0.717) is 13.0 Å². The highest BCUT2D eigenvalue weighted by atomic mass is 19.1. The van der Waals surface area contributed by atoms with Gasteiger partial charge in [0, 0.05) is 19.0 Å². The van der Waals surface area contributed by atoms with Crippen molar-refractivity contribution in [2.45, 2.75) is 25.9 Å². The molecule has 1 saturated heterocycles. The second-order valence-electron chi connectivity index (χ2n) is 4.48. The Balaban J connectivity index is 2.12. The van der Waals surface area contributed by atoms with E-state index in [4.69, 9.17) is 0 Å². The maximum absolute atomic E-state index is 12.8. The quantitative estimate of drug-likeness (QED) is 0.853. The normalized spacial score (nSPS) is 20.6. The van der Waals surface area contributed by atoms with Crippen LogP contribution < -0.4 is 5.32 Å². The van der Waals surface area contributed by atoms with E-state index < -0.39 is 0 Å². The number of amides is 2. The fourth-order valence-electron chi connectivity index (χ4n) is 2.00. The van der Waals surface area contributed by atoms with Gasteiger partial charge >= 0.3 is 0 Å². The molecule has 1 atom stereocenters. The van der Waals surface area contributed by atoms with Crippen molar-refractivity contribution in [2.24, 2.45) is 0 Å². The molecular formula is C13H15FN2O2. The Morgan fingerprint density at radius 2 is 2.00 bits per heavy atom. The van der Waals surface area contributed by atoms with Crippen LogP contribution in [0.3, 0.4) is 0 Å². The lowest BCUT2D eigenvalue weighted by Crippen LogP contribution is -2.39. The molecule has 1 fully saturated rings. The topological polar surface area (TPSA) is 49.4 Å². The molecular weight excluding hydrogens is 235 g/mol. The predicted octanol–water partition coefficient (Wildman–Crippen LogP) is 1.06. The lowest BCUT2D eigenvalue weighted by Gasteiger charge is -2.26. The molecule has 5 heteroatoms. The van der Waals surface area contributed by atoms with Gasteiger partial charge in [0.05, 0.1) is 6.54 Å². The summed E-state index contributed by atoms with van der Waals surface area (Å²) in [7, 11) is 0. The summed E-state index contributed by atoms with van der Waals surface area (Å²) in [6.07, 6.45) is 0.299. The molecule has 1 heterocycles. The Labute approximate surface area is 105 Å². The van der Waals surface area contributed by atoms with Crippen LogP contribution in [0.2, 0.25) is 0 Å². The Kier molecular flexibility index (Phi) is 3.60. The van der Waals surface area contributed by atoms with Gasteiger partial charge in [0.2, 0.25) is 11.8 Å². The Hall–Kier alpha value is -1.91. The van der Waals surface area contributed by atoms with Crippen LogP contribution in [0.25, 0.3) is 0 Å². The van der Waals surface area contributed by atoms with E-state index in [9.17, 15) is 14.0 Å². The van der Waals surface area contributed by atoms with Crippen molar-refractivity contribution < 1.29 is 14.0 Å². The van der Waals surface area contributed by atoms with Gasteiger partial charge in [-0.3, -0.25) is 9.59 Å². The molecule has 1 aliphatic rings. The number of hydrogen-bond donors (Lipinski definition) is 1. The van der Waals surface area contributed by atoms with Gasteiger partial charge in [-0.15, -0.1) is 0 Å². The first-order valence-corrected chi connectivity index (χ1v) is 5.87. The standard InChI is InChI=1S/C13H15FN2O2/c1-9-6-12(17)15-7-13(18)16(9)8-10-2-4-11(14)5-3-10/h2-5,9H,6-8H2,1H3,(H,15,17). The Morgan fingerprint density at radius 1 is 1.33 bits per heavy atom. The second-order valence-corrected chi connectivity index (χ2v) is 4.48. The zero-order chi connectivity index (χ0) is 13.1. The van der Waals surface area contributed by atoms with Crippen LogP contribution in [0.1, 0.15) is 18.9 Å². The average Bonchev–Trinajstić information content (AvgIpc) is 2.45. The van der Waals surface area contributed by atoms with Crippen molar-refractivity contribution in [2.75, 3.05) is 6.54 Å². The number of carbonyl (C=O) groups is 2. The second kappa shape index (κ2) is 5.16. The molecule has 0 saturated carbocycles. The average molecular weight is 250 g/mol. The van der Waals surface area contributed by atoms with Crippen molar-refractivity contribution in [3.8, 4) is 0 Å². The van der Waals surface area contributed by atoms with E-state index in [1.807, 2.05) is 6.92 Å². The molecule has 0 bridgehead atoms. The third-order valence-electron chi connectivity index (χ3n) is 3.04. The molecule has 0 aromatic heterocycles. The predicted molar refractivity (Wildman–Crippen MR) is 64.0 cm³/mol. The van der Waals surface area contributed by atoms with Crippen LogP contribution in [0, 0.1) is 5.82 Å². The Bertz CT molecular complexity index is 459. The minimum Gasteiger partial charge on any atom is -0.347 e. The lowest BCUT2D eigenvalue weighted by atomic mass is 10.1. The highest BCUT2D eigenvalue weighted by Gasteiger charge is 2.26. The summed E-state index contributed by atoms with van der Waals surface area (Å²) >= 11 is 0. The van der Waals surface area contributed by atoms with Crippen molar-refractivity contribution in [3.63, 3.8) is 0 Å². The highest BCUT2D eigenvalue weighted by Crippen LogP contribution is 2.13. The number of hydrogen-bond acceptors (Lipinski definition) is 2. The molecule has 1 aliphatic heterocycles. The number of carbonyl (C=O) groups excluding carboxylic acids is 2. The molecule has 4 nitrogen and oxygen atoms in total. The molecule has 1 unspecified atom stereocenters. The van der Waals surface area contributed by atoms with E-state index in [0.717, 1.165) is 5.56 Å². The first-order chi connectivity index (χ1) is 8.56. The van der Waals surface area contributed by atoms with Gasteiger partial charge in [-0.2, -0.15) is 0 Å². The molecule has 0 aliphatic carbocycles. The summed E-state index contributed by atoms with van der Waals surface area (Å²) in [5, 5.41) is 2.56. The highest BCUT2D eigenvalue weighted by molar-refractivity contribution is 5.87. The first kappa shape index (κ1) is 12.5. The fourth-order valence-corrected chi connectivity index (χ4v) is 2.00. The molecule has 18 heavy (non-hydrogen) atoms. The zero-order valence-corrected chi connectivity index (χ0v) is 10.1. The summed E-state index contributed by atoms with van der Waals surface area (Å²) in [6.45, 7) is 2.27. The number of halogens is 1. The minimum absolute atomic E-state index is 0.0321. The summed E-state index contributed by atoms with van der Waals surface area (Å²) in [4.78, 5) is 24.9. The monoisotopic (exact) mass is 250 g/mol. The van der Waals surface area contributed by atoms with Gasteiger partial charge in [0.15, 0.2) is 0 Å². The SMILES string of the molecule is CC1CC(=O)NCC(=O)N1Cc1ccc(F)cc1. The van der Waals surface area contributed by atoms with Crippen LogP contribution >= 0.6 is 0 Å². The maximum Gasteiger partial charge on any atom is 0.242 e. The van der Waals surface area contributed by atoms with E-state index >= 15 is 0 Å². The zero-order valence-electron chi connectivity index (χ0n) is 10.1. The summed E-state index contributed by atoms with van der Waals surface area (Å²) in [6, 6.07) is 5.88. The van der Waals surface area contributed by atoms with E-state index in [2.05, 4.69) is 5.32 Å². The summed E-state index contributed by atoms with van der Waals surface area (Å²) < 4.78 is 12.8. The molecule has 0 spiro atoms. The van der Waals surface area contributed by atoms with Crippen LogP contribution in [-0.4, -0.2) is 29.3 Å². The van der Waals surface area contributed by atoms with Gasteiger partial charge in [-0.1, -0.05) is 12.1 Å². The van der Waals surface area contributed by atoms with Gasteiger partial charge in [-0.05, 0) is 24.6 Å². The third kappa shape index (κ3) is 2.85.